The molecular weight excluding hydrogens is 376 g/mol. The van der Waals surface area contributed by atoms with Crippen LogP contribution >= 0.6 is 0 Å². The Hall–Kier alpha value is -3.51. The number of para-hydroxylation sites is 2. The summed E-state index contributed by atoms with van der Waals surface area (Å²) in [7, 11) is 3.33. The fourth-order valence-electron chi connectivity index (χ4n) is 3.63. The van der Waals surface area contributed by atoms with Gasteiger partial charge in [0.15, 0.2) is 11.5 Å². The lowest BCUT2D eigenvalue weighted by molar-refractivity contribution is 0.240. The van der Waals surface area contributed by atoms with Crippen molar-refractivity contribution in [2.45, 2.75) is 19.6 Å². The average molecular weight is 400 g/mol. The molecule has 0 radical (unpaired) electrons. The Morgan fingerprint density at radius 2 is 1.50 bits per heavy atom. The normalized spacial score (nSPS) is 11.0. The maximum absolute atomic E-state index is 5.65. The topological polar surface area (TPSA) is 60.4 Å². The van der Waals surface area contributed by atoms with Gasteiger partial charge in [-0.15, -0.1) is 0 Å². The number of benzene rings is 2. The predicted molar refractivity (Wildman–Crippen MR) is 116 cm³/mol. The zero-order valence-electron chi connectivity index (χ0n) is 17.2. The van der Waals surface area contributed by atoms with Gasteiger partial charge in [0.2, 0.25) is 0 Å². The molecule has 0 aliphatic carbocycles. The van der Waals surface area contributed by atoms with Crippen molar-refractivity contribution in [1.29, 1.82) is 0 Å². The largest absolute Gasteiger partial charge is 0.493 e. The van der Waals surface area contributed by atoms with Crippen LogP contribution in [-0.2, 0) is 19.6 Å². The summed E-state index contributed by atoms with van der Waals surface area (Å²) in [5, 5.41) is 0. The van der Waals surface area contributed by atoms with Gasteiger partial charge < -0.3 is 9.47 Å². The molecule has 4 aromatic rings. The molecule has 152 valence electrons. The molecule has 0 saturated heterocycles. The highest BCUT2D eigenvalue weighted by Crippen LogP contribution is 2.32. The van der Waals surface area contributed by atoms with Crippen molar-refractivity contribution in [1.82, 2.24) is 19.9 Å². The molecule has 0 atom stereocenters. The lowest BCUT2D eigenvalue weighted by Crippen LogP contribution is -2.23. The summed E-state index contributed by atoms with van der Waals surface area (Å²) in [6, 6.07) is 18.1. The van der Waals surface area contributed by atoms with Crippen molar-refractivity contribution < 1.29 is 9.47 Å². The zero-order valence-corrected chi connectivity index (χ0v) is 17.2. The Labute approximate surface area is 176 Å². The van der Waals surface area contributed by atoms with Gasteiger partial charge >= 0.3 is 0 Å². The SMILES string of the molecule is COc1cccc(CN(Cc2ccccn2)Cc2cccc3nccnc23)c1OC. The van der Waals surface area contributed by atoms with Crippen LogP contribution < -0.4 is 9.47 Å². The number of pyridine rings is 1. The number of fused-ring (bicyclic) bond motifs is 1. The van der Waals surface area contributed by atoms with Crippen LogP contribution in [0.4, 0.5) is 0 Å². The molecule has 0 saturated carbocycles. The highest BCUT2D eigenvalue weighted by molar-refractivity contribution is 5.77. The Kier molecular flexibility index (Phi) is 6.15. The van der Waals surface area contributed by atoms with Gasteiger partial charge in [0, 0.05) is 43.8 Å². The third-order valence-corrected chi connectivity index (χ3v) is 4.97. The average Bonchev–Trinajstić information content (AvgIpc) is 2.79. The Bertz CT molecular complexity index is 1110. The van der Waals surface area contributed by atoms with E-state index in [9.17, 15) is 0 Å². The van der Waals surface area contributed by atoms with Crippen molar-refractivity contribution >= 4 is 11.0 Å². The van der Waals surface area contributed by atoms with Crippen LogP contribution in [-0.4, -0.2) is 34.1 Å². The second kappa shape index (κ2) is 9.33. The van der Waals surface area contributed by atoms with Crippen LogP contribution in [0, 0.1) is 0 Å². The minimum atomic E-state index is 0.674. The van der Waals surface area contributed by atoms with E-state index in [0.29, 0.717) is 19.6 Å². The number of rotatable bonds is 8. The number of nitrogens with zero attached hydrogens (tertiary/aromatic N) is 4. The summed E-state index contributed by atoms with van der Waals surface area (Å²) in [5.74, 6) is 1.48. The molecule has 0 aliphatic heterocycles. The first-order valence-electron chi connectivity index (χ1n) is 9.79. The van der Waals surface area contributed by atoms with Crippen LogP contribution in [0.5, 0.6) is 11.5 Å². The molecule has 0 bridgehead atoms. The summed E-state index contributed by atoms with van der Waals surface area (Å²) >= 11 is 0. The molecule has 2 aromatic carbocycles. The molecule has 0 N–H and O–H groups in total. The van der Waals surface area contributed by atoms with E-state index in [-0.39, 0.29) is 0 Å². The van der Waals surface area contributed by atoms with Gasteiger partial charge in [-0.25, -0.2) is 0 Å². The maximum Gasteiger partial charge on any atom is 0.165 e. The second-order valence-corrected chi connectivity index (χ2v) is 6.96. The third kappa shape index (κ3) is 4.39. The molecule has 6 heteroatoms. The molecule has 2 heterocycles. The third-order valence-electron chi connectivity index (χ3n) is 4.97. The lowest BCUT2D eigenvalue weighted by atomic mass is 10.1. The van der Waals surface area contributed by atoms with Crippen molar-refractivity contribution in [2.24, 2.45) is 0 Å². The van der Waals surface area contributed by atoms with E-state index < -0.39 is 0 Å². The van der Waals surface area contributed by atoms with Gasteiger partial charge in [-0.05, 0) is 29.8 Å². The number of ether oxygens (including phenoxy) is 2. The van der Waals surface area contributed by atoms with Crippen LogP contribution in [0.2, 0.25) is 0 Å². The highest BCUT2D eigenvalue weighted by Gasteiger charge is 2.16. The van der Waals surface area contributed by atoms with Crippen LogP contribution in [0.25, 0.3) is 11.0 Å². The Balaban J connectivity index is 1.68. The van der Waals surface area contributed by atoms with Crippen LogP contribution in [0.1, 0.15) is 16.8 Å². The maximum atomic E-state index is 5.65. The molecule has 0 spiro atoms. The molecule has 0 aliphatic rings. The summed E-state index contributed by atoms with van der Waals surface area (Å²) in [4.78, 5) is 15.8. The van der Waals surface area contributed by atoms with E-state index in [4.69, 9.17) is 9.47 Å². The molecule has 4 rings (SSSR count). The summed E-state index contributed by atoms with van der Waals surface area (Å²) in [6.07, 6.45) is 5.28. The predicted octanol–water partition coefficient (Wildman–Crippen LogP) is 4.24. The Morgan fingerprint density at radius 3 is 2.30 bits per heavy atom. The Morgan fingerprint density at radius 1 is 0.700 bits per heavy atom. The summed E-state index contributed by atoms with van der Waals surface area (Å²) < 4.78 is 11.1. The van der Waals surface area contributed by atoms with E-state index >= 15 is 0 Å². The van der Waals surface area contributed by atoms with E-state index in [0.717, 1.165) is 39.4 Å². The fourth-order valence-corrected chi connectivity index (χ4v) is 3.63. The van der Waals surface area contributed by atoms with E-state index in [1.54, 1.807) is 26.6 Å². The van der Waals surface area contributed by atoms with Gasteiger partial charge in [-0.2, -0.15) is 0 Å². The first kappa shape index (κ1) is 19.8. The second-order valence-electron chi connectivity index (χ2n) is 6.96. The van der Waals surface area contributed by atoms with Crippen molar-refractivity contribution in [3.8, 4) is 11.5 Å². The van der Waals surface area contributed by atoms with E-state index in [1.807, 2.05) is 48.7 Å². The van der Waals surface area contributed by atoms with Crippen molar-refractivity contribution in [3.63, 3.8) is 0 Å². The summed E-state index contributed by atoms with van der Waals surface area (Å²) in [6.45, 7) is 2.07. The first-order valence-corrected chi connectivity index (χ1v) is 9.79. The number of hydrogen-bond acceptors (Lipinski definition) is 6. The van der Waals surface area contributed by atoms with Gasteiger partial charge in [0.25, 0.3) is 0 Å². The minimum Gasteiger partial charge on any atom is -0.493 e. The molecule has 0 unspecified atom stereocenters. The molecule has 0 amide bonds. The van der Waals surface area contributed by atoms with Crippen molar-refractivity contribution in [2.75, 3.05) is 14.2 Å². The van der Waals surface area contributed by atoms with Gasteiger partial charge in [-0.1, -0.05) is 30.3 Å². The molecular formula is C24H24N4O2. The zero-order chi connectivity index (χ0) is 20.8. The number of hydrogen-bond donors (Lipinski definition) is 0. The van der Waals surface area contributed by atoms with Crippen LogP contribution in [0.15, 0.2) is 73.2 Å². The molecule has 2 aromatic heterocycles. The summed E-state index contributed by atoms with van der Waals surface area (Å²) in [5.41, 5.74) is 5.00. The van der Waals surface area contributed by atoms with E-state index in [1.165, 1.54) is 0 Å². The van der Waals surface area contributed by atoms with Gasteiger partial charge in [0.1, 0.15) is 0 Å². The standard InChI is InChI=1S/C24H24N4O2/c1-29-22-11-6-8-19(24(22)30-2)16-28(17-20-9-3-4-12-25-20)15-18-7-5-10-21-23(18)27-14-13-26-21/h3-14H,15-17H2,1-2H3. The van der Waals surface area contributed by atoms with Crippen molar-refractivity contribution in [3.05, 3.63) is 90.0 Å². The first-order chi connectivity index (χ1) is 14.8. The molecule has 30 heavy (non-hydrogen) atoms. The molecule has 6 nitrogen and oxygen atoms in total. The van der Waals surface area contributed by atoms with Gasteiger partial charge in [-0.3, -0.25) is 19.9 Å². The van der Waals surface area contributed by atoms with E-state index in [2.05, 4.69) is 32.0 Å². The number of aromatic nitrogens is 3. The minimum absolute atomic E-state index is 0.674. The fraction of sp³-hybridized carbons (Fsp3) is 0.208. The highest BCUT2D eigenvalue weighted by atomic mass is 16.5. The molecule has 0 fully saturated rings. The van der Waals surface area contributed by atoms with Gasteiger partial charge in [0.05, 0.1) is 30.9 Å². The monoisotopic (exact) mass is 400 g/mol. The smallest absolute Gasteiger partial charge is 0.165 e. The quantitative estimate of drug-likeness (QED) is 0.441. The van der Waals surface area contributed by atoms with Crippen LogP contribution in [0.3, 0.4) is 0 Å². The lowest BCUT2D eigenvalue weighted by Gasteiger charge is -2.24. The number of methoxy groups -OCH3 is 2.